The summed E-state index contributed by atoms with van der Waals surface area (Å²) in [4.78, 5) is 56.9. The molecule has 11 heteroatoms. The molecule has 2 aromatic heterocycles. The number of nitrogens with zero attached hydrogens (tertiary/aromatic N) is 5. The minimum absolute atomic E-state index is 0.0280. The molecule has 184 valence electrons. The molecule has 1 unspecified atom stereocenters. The van der Waals surface area contributed by atoms with Crippen LogP contribution in [-0.4, -0.2) is 62.3 Å². The Kier molecular flexibility index (Phi) is 5.09. The van der Waals surface area contributed by atoms with Crippen LogP contribution in [0.1, 0.15) is 63.7 Å². The molecule has 0 aliphatic carbocycles. The highest BCUT2D eigenvalue weighted by Crippen LogP contribution is 2.36. The topological polar surface area (TPSA) is 117 Å². The maximum atomic E-state index is 15.2. The SMILES string of the molecule is Cc1cc2nccc(C3CCN(c4cc5c(cc4F)C(=O)N(C4CCC(=O)NC4=O)C5=O)CC3)n2n1. The minimum Gasteiger partial charge on any atom is -0.369 e. The van der Waals surface area contributed by atoms with Crippen molar-refractivity contribution < 1.29 is 23.6 Å². The van der Waals surface area contributed by atoms with Crippen molar-refractivity contribution >= 4 is 35.0 Å². The van der Waals surface area contributed by atoms with Gasteiger partial charge in [-0.1, -0.05) is 0 Å². The number of fused-ring (bicyclic) bond motifs is 2. The van der Waals surface area contributed by atoms with Gasteiger partial charge in [-0.05, 0) is 44.4 Å². The third kappa shape index (κ3) is 3.45. The monoisotopic (exact) mass is 490 g/mol. The molecular formula is C25H23FN6O4. The summed E-state index contributed by atoms with van der Waals surface area (Å²) >= 11 is 0. The molecule has 4 amide bonds. The lowest BCUT2D eigenvalue weighted by Crippen LogP contribution is -2.54. The molecule has 1 atom stereocenters. The Morgan fingerprint density at radius 3 is 2.44 bits per heavy atom. The number of nitrogens with one attached hydrogen (secondary N) is 1. The van der Waals surface area contributed by atoms with Crippen LogP contribution in [0.4, 0.5) is 10.1 Å². The lowest BCUT2D eigenvalue weighted by Gasteiger charge is -2.34. The summed E-state index contributed by atoms with van der Waals surface area (Å²) in [6.07, 6.45) is 3.36. The van der Waals surface area contributed by atoms with Crippen LogP contribution in [0.3, 0.4) is 0 Å². The van der Waals surface area contributed by atoms with Crippen molar-refractivity contribution in [2.75, 3.05) is 18.0 Å². The molecule has 2 fully saturated rings. The highest BCUT2D eigenvalue weighted by molar-refractivity contribution is 6.23. The van der Waals surface area contributed by atoms with Gasteiger partial charge in [0, 0.05) is 43.4 Å². The molecule has 1 aromatic carbocycles. The molecule has 0 saturated carbocycles. The van der Waals surface area contributed by atoms with Crippen LogP contribution >= 0.6 is 0 Å². The first kappa shape index (κ1) is 22.3. The van der Waals surface area contributed by atoms with Crippen molar-refractivity contribution in [1.82, 2.24) is 24.8 Å². The number of anilines is 1. The van der Waals surface area contributed by atoms with E-state index in [1.54, 1.807) is 6.20 Å². The number of hydrogen-bond donors (Lipinski definition) is 1. The lowest BCUT2D eigenvalue weighted by molar-refractivity contribution is -0.136. The third-order valence-corrected chi connectivity index (χ3v) is 7.27. The fourth-order valence-electron chi connectivity index (χ4n) is 5.47. The third-order valence-electron chi connectivity index (χ3n) is 7.27. The molecule has 6 rings (SSSR count). The molecule has 10 nitrogen and oxygen atoms in total. The van der Waals surface area contributed by atoms with Gasteiger partial charge in [-0.2, -0.15) is 5.10 Å². The number of amides is 4. The molecule has 3 aliphatic rings. The average molecular weight is 490 g/mol. The maximum absolute atomic E-state index is 15.2. The molecule has 1 N–H and O–H groups in total. The van der Waals surface area contributed by atoms with Gasteiger partial charge in [0.2, 0.25) is 11.8 Å². The number of imide groups is 2. The van der Waals surface area contributed by atoms with Crippen LogP contribution in [0, 0.1) is 12.7 Å². The van der Waals surface area contributed by atoms with Crippen molar-refractivity contribution in [1.29, 1.82) is 0 Å². The summed E-state index contributed by atoms with van der Waals surface area (Å²) in [5.74, 6) is -2.87. The van der Waals surface area contributed by atoms with Gasteiger partial charge in [0.05, 0.1) is 22.5 Å². The van der Waals surface area contributed by atoms with Gasteiger partial charge in [0.25, 0.3) is 11.8 Å². The van der Waals surface area contributed by atoms with E-state index in [1.807, 2.05) is 28.5 Å². The van der Waals surface area contributed by atoms with Crippen LogP contribution in [0.25, 0.3) is 5.65 Å². The number of carbonyl (C=O) groups excluding carboxylic acids is 4. The zero-order valence-corrected chi connectivity index (χ0v) is 19.5. The van der Waals surface area contributed by atoms with E-state index in [1.165, 1.54) is 6.07 Å². The van der Waals surface area contributed by atoms with Crippen molar-refractivity contribution in [2.45, 2.75) is 44.6 Å². The summed E-state index contributed by atoms with van der Waals surface area (Å²) in [6, 6.07) is 5.30. The number of aryl methyl sites for hydroxylation is 1. The highest BCUT2D eigenvalue weighted by Gasteiger charge is 2.45. The minimum atomic E-state index is -1.08. The van der Waals surface area contributed by atoms with Crippen molar-refractivity contribution in [3.05, 3.63) is 58.8 Å². The van der Waals surface area contributed by atoms with E-state index in [2.05, 4.69) is 15.4 Å². The first-order valence-corrected chi connectivity index (χ1v) is 11.9. The van der Waals surface area contributed by atoms with E-state index >= 15 is 4.39 Å². The Labute approximate surface area is 205 Å². The molecule has 3 aliphatic heterocycles. The molecular weight excluding hydrogens is 467 g/mol. The van der Waals surface area contributed by atoms with Crippen molar-refractivity contribution in [2.24, 2.45) is 0 Å². The number of halogens is 1. The second-order valence-electron chi connectivity index (χ2n) is 9.48. The Bertz CT molecular complexity index is 1460. The zero-order valence-electron chi connectivity index (χ0n) is 19.5. The zero-order chi connectivity index (χ0) is 25.1. The predicted octanol–water partition coefficient (Wildman–Crippen LogP) is 1.96. The maximum Gasteiger partial charge on any atom is 0.262 e. The van der Waals surface area contributed by atoms with Crippen molar-refractivity contribution in [3.63, 3.8) is 0 Å². The van der Waals surface area contributed by atoms with Gasteiger partial charge in [-0.3, -0.25) is 29.4 Å². The molecule has 5 heterocycles. The second kappa shape index (κ2) is 8.21. The molecule has 3 aromatic rings. The Morgan fingerprint density at radius 2 is 1.72 bits per heavy atom. The fraction of sp³-hybridized carbons (Fsp3) is 0.360. The Balaban J connectivity index is 1.23. The number of rotatable bonds is 3. The van der Waals surface area contributed by atoms with Gasteiger partial charge in [0.1, 0.15) is 11.9 Å². The Morgan fingerprint density at radius 1 is 1.00 bits per heavy atom. The quantitative estimate of drug-likeness (QED) is 0.558. The first-order chi connectivity index (χ1) is 17.3. The number of carbonyl (C=O) groups is 4. The average Bonchev–Trinajstić information content (AvgIpc) is 3.35. The molecule has 0 radical (unpaired) electrons. The number of piperidine rings is 2. The van der Waals surface area contributed by atoms with E-state index in [0.29, 0.717) is 13.1 Å². The van der Waals surface area contributed by atoms with E-state index in [-0.39, 0.29) is 35.6 Å². The summed E-state index contributed by atoms with van der Waals surface area (Å²) in [5.41, 5.74) is 3.01. The summed E-state index contributed by atoms with van der Waals surface area (Å²) in [7, 11) is 0. The summed E-state index contributed by atoms with van der Waals surface area (Å²) in [6.45, 7) is 3.04. The predicted molar refractivity (Wildman–Crippen MR) is 125 cm³/mol. The molecule has 0 spiro atoms. The Hall–Kier alpha value is -4.15. The van der Waals surface area contributed by atoms with Crippen LogP contribution in [0.5, 0.6) is 0 Å². The number of benzene rings is 1. The molecule has 0 bridgehead atoms. The smallest absolute Gasteiger partial charge is 0.262 e. The second-order valence-corrected chi connectivity index (χ2v) is 9.48. The lowest BCUT2D eigenvalue weighted by atomic mass is 9.92. The van der Waals surface area contributed by atoms with E-state index in [0.717, 1.165) is 40.8 Å². The molecule has 36 heavy (non-hydrogen) atoms. The molecule has 2 saturated heterocycles. The summed E-state index contributed by atoms with van der Waals surface area (Å²) in [5, 5.41) is 6.71. The van der Waals surface area contributed by atoms with Crippen LogP contribution in [0.15, 0.2) is 30.5 Å². The first-order valence-electron chi connectivity index (χ1n) is 11.9. The highest BCUT2D eigenvalue weighted by atomic mass is 19.1. The largest absolute Gasteiger partial charge is 0.369 e. The van der Waals surface area contributed by atoms with Gasteiger partial charge in [0.15, 0.2) is 5.65 Å². The normalized spacial score (nSPS) is 20.9. The fourth-order valence-corrected chi connectivity index (χ4v) is 5.47. The van der Waals surface area contributed by atoms with Crippen LogP contribution in [-0.2, 0) is 9.59 Å². The van der Waals surface area contributed by atoms with Crippen LogP contribution < -0.4 is 10.2 Å². The number of hydrogen-bond acceptors (Lipinski definition) is 7. The van der Waals surface area contributed by atoms with Gasteiger partial charge in [-0.15, -0.1) is 0 Å². The standard InChI is InChI=1S/C25H23FN6O4/c1-13-10-21-27-7-4-18(32(21)29-13)14-5-8-30(9-6-14)20-12-16-15(11-17(20)26)24(35)31(25(16)36)19-2-3-22(33)28-23(19)34/h4,7,10-12,14,19H,2-3,5-6,8-9H2,1H3,(H,28,33,34). The van der Waals surface area contributed by atoms with Crippen molar-refractivity contribution in [3.8, 4) is 0 Å². The van der Waals surface area contributed by atoms with Gasteiger partial charge < -0.3 is 4.90 Å². The van der Waals surface area contributed by atoms with Crippen LogP contribution in [0.2, 0.25) is 0 Å². The van der Waals surface area contributed by atoms with E-state index < -0.39 is 35.5 Å². The van der Waals surface area contributed by atoms with Gasteiger partial charge in [-0.25, -0.2) is 13.9 Å². The number of aromatic nitrogens is 3. The van der Waals surface area contributed by atoms with E-state index in [4.69, 9.17) is 0 Å². The van der Waals surface area contributed by atoms with E-state index in [9.17, 15) is 19.2 Å². The van der Waals surface area contributed by atoms with Gasteiger partial charge >= 0.3 is 0 Å². The summed E-state index contributed by atoms with van der Waals surface area (Å²) < 4.78 is 17.0.